The van der Waals surface area contributed by atoms with Gasteiger partial charge in [-0.25, -0.2) is 14.4 Å². The molecule has 6 heteroatoms. The molecule has 0 bridgehead atoms. The quantitative estimate of drug-likeness (QED) is 0.848. The highest BCUT2D eigenvalue weighted by atomic mass is 19.1. The number of hydrogen-bond donors (Lipinski definition) is 1. The van der Waals surface area contributed by atoms with Crippen LogP contribution in [0.2, 0.25) is 0 Å². The first kappa shape index (κ1) is 13.8. The molecule has 0 aliphatic carbocycles. The molecule has 1 aromatic heterocycles. The van der Waals surface area contributed by atoms with E-state index in [0.717, 1.165) is 0 Å². The van der Waals surface area contributed by atoms with Gasteiger partial charge in [-0.2, -0.15) is 0 Å². The Kier molecular flexibility index (Phi) is 4.49. The summed E-state index contributed by atoms with van der Waals surface area (Å²) in [6.45, 7) is 0. The van der Waals surface area contributed by atoms with Crippen molar-refractivity contribution in [2.24, 2.45) is 0 Å². The Morgan fingerprint density at radius 1 is 1.05 bits per heavy atom. The van der Waals surface area contributed by atoms with Crippen LogP contribution < -0.4 is 5.32 Å². The van der Waals surface area contributed by atoms with Crippen molar-refractivity contribution in [2.75, 3.05) is 5.32 Å². The maximum atomic E-state index is 13.4. The maximum absolute atomic E-state index is 13.4. The van der Waals surface area contributed by atoms with Crippen molar-refractivity contribution in [1.82, 2.24) is 9.97 Å². The van der Waals surface area contributed by atoms with E-state index >= 15 is 0 Å². The summed E-state index contributed by atoms with van der Waals surface area (Å²) in [6, 6.07) is 7.32. The molecule has 2 aromatic rings. The molecule has 0 saturated heterocycles. The summed E-state index contributed by atoms with van der Waals surface area (Å²) in [5, 5.41) is 2.46. The van der Waals surface area contributed by atoms with Gasteiger partial charge >= 0.3 is 0 Å². The molecule has 0 atom stereocenters. The number of amides is 1. The van der Waals surface area contributed by atoms with Gasteiger partial charge in [0, 0.05) is 25.2 Å². The lowest BCUT2D eigenvalue weighted by atomic mass is 10.1. The van der Waals surface area contributed by atoms with Gasteiger partial charge in [0.2, 0.25) is 11.9 Å². The Morgan fingerprint density at radius 3 is 2.45 bits per heavy atom. The maximum Gasteiger partial charge on any atom is 0.229 e. The van der Waals surface area contributed by atoms with Gasteiger partial charge in [-0.05, 0) is 18.2 Å². The number of nitrogens with one attached hydrogen (secondary N) is 1. The lowest BCUT2D eigenvalue weighted by Crippen LogP contribution is -2.15. The molecule has 1 N–H and O–H groups in total. The van der Waals surface area contributed by atoms with Crippen LogP contribution in [0.4, 0.5) is 10.3 Å². The topological polar surface area (TPSA) is 72.0 Å². The van der Waals surface area contributed by atoms with Gasteiger partial charge in [0.1, 0.15) is 5.82 Å². The monoisotopic (exact) mass is 273 g/mol. The van der Waals surface area contributed by atoms with Gasteiger partial charge in [0.15, 0.2) is 5.78 Å². The SMILES string of the molecule is O=C(CCC(=O)c1ccccc1F)Nc1ncccn1. The molecule has 1 aromatic carbocycles. The zero-order valence-corrected chi connectivity index (χ0v) is 10.5. The van der Waals surface area contributed by atoms with E-state index in [1.807, 2.05) is 0 Å². The zero-order valence-electron chi connectivity index (χ0n) is 10.5. The van der Waals surface area contributed by atoms with Crippen LogP contribution in [0.15, 0.2) is 42.7 Å². The number of carbonyl (C=O) groups is 2. The number of ketones is 1. The van der Waals surface area contributed by atoms with Crippen LogP contribution in [0.3, 0.4) is 0 Å². The average Bonchev–Trinajstić information content (AvgIpc) is 2.46. The van der Waals surface area contributed by atoms with E-state index in [1.54, 1.807) is 12.1 Å². The minimum absolute atomic E-state index is 0.00346. The first-order valence-corrected chi connectivity index (χ1v) is 6.01. The van der Waals surface area contributed by atoms with Crippen molar-refractivity contribution < 1.29 is 14.0 Å². The number of aromatic nitrogens is 2. The molecule has 0 spiro atoms. The van der Waals surface area contributed by atoms with Gasteiger partial charge in [0.05, 0.1) is 5.56 Å². The van der Waals surface area contributed by atoms with Crippen LogP contribution in [-0.4, -0.2) is 21.7 Å². The number of nitrogens with zero attached hydrogens (tertiary/aromatic N) is 2. The number of halogens is 1. The van der Waals surface area contributed by atoms with E-state index in [4.69, 9.17) is 0 Å². The third-order valence-electron chi connectivity index (χ3n) is 2.57. The van der Waals surface area contributed by atoms with Crippen LogP contribution in [-0.2, 0) is 4.79 Å². The number of benzene rings is 1. The minimum Gasteiger partial charge on any atom is -0.295 e. The Bertz CT molecular complexity index is 617. The Labute approximate surface area is 114 Å². The van der Waals surface area contributed by atoms with E-state index in [2.05, 4.69) is 15.3 Å². The van der Waals surface area contributed by atoms with Crippen molar-refractivity contribution in [3.8, 4) is 0 Å². The summed E-state index contributed by atoms with van der Waals surface area (Å²) < 4.78 is 13.4. The summed E-state index contributed by atoms with van der Waals surface area (Å²) in [7, 11) is 0. The molecular formula is C14H12FN3O2. The van der Waals surface area contributed by atoms with Crippen LogP contribution >= 0.6 is 0 Å². The Balaban J connectivity index is 1.88. The lowest BCUT2D eigenvalue weighted by molar-refractivity contribution is -0.116. The number of hydrogen-bond acceptors (Lipinski definition) is 4. The van der Waals surface area contributed by atoms with Crippen molar-refractivity contribution in [3.63, 3.8) is 0 Å². The molecule has 102 valence electrons. The van der Waals surface area contributed by atoms with Crippen LogP contribution in [0, 0.1) is 5.82 Å². The largest absolute Gasteiger partial charge is 0.295 e. The lowest BCUT2D eigenvalue weighted by Gasteiger charge is -2.03. The third kappa shape index (κ3) is 3.68. The number of anilines is 1. The van der Waals surface area contributed by atoms with E-state index in [-0.39, 0.29) is 30.3 Å². The normalized spacial score (nSPS) is 10.1. The van der Waals surface area contributed by atoms with Crippen molar-refractivity contribution in [3.05, 3.63) is 54.1 Å². The molecule has 2 rings (SSSR count). The third-order valence-corrected chi connectivity index (χ3v) is 2.57. The standard InChI is InChI=1S/C14H12FN3O2/c15-11-5-2-1-4-10(11)12(19)6-7-13(20)18-14-16-8-3-9-17-14/h1-5,8-9H,6-7H2,(H,16,17,18,20). The molecule has 0 aliphatic rings. The number of rotatable bonds is 5. The smallest absolute Gasteiger partial charge is 0.229 e. The van der Waals surface area contributed by atoms with Crippen LogP contribution in [0.1, 0.15) is 23.2 Å². The van der Waals surface area contributed by atoms with Crippen molar-refractivity contribution in [2.45, 2.75) is 12.8 Å². The van der Waals surface area contributed by atoms with Crippen molar-refractivity contribution >= 4 is 17.6 Å². The number of carbonyl (C=O) groups excluding carboxylic acids is 2. The first-order chi connectivity index (χ1) is 9.66. The molecule has 1 heterocycles. The predicted octanol–water partition coefficient (Wildman–Crippen LogP) is 2.22. The van der Waals surface area contributed by atoms with E-state index < -0.39 is 11.6 Å². The zero-order chi connectivity index (χ0) is 14.4. The fourth-order valence-electron chi connectivity index (χ4n) is 1.60. The first-order valence-electron chi connectivity index (χ1n) is 6.01. The molecule has 0 radical (unpaired) electrons. The molecule has 0 saturated carbocycles. The fourth-order valence-corrected chi connectivity index (χ4v) is 1.60. The van der Waals surface area contributed by atoms with Gasteiger partial charge < -0.3 is 0 Å². The summed E-state index contributed by atoms with van der Waals surface area (Å²) in [6.07, 6.45) is 2.87. The Morgan fingerprint density at radius 2 is 1.75 bits per heavy atom. The van der Waals surface area contributed by atoms with Gasteiger partial charge in [0.25, 0.3) is 0 Å². The molecule has 1 amide bonds. The number of Topliss-reactive ketones (excluding diaryl/α,β-unsaturated/α-hetero) is 1. The molecular weight excluding hydrogens is 261 g/mol. The molecule has 20 heavy (non-hydrogen) atoms. The second-order valence-corrected chi connectivity index (χ2v) is 4.02. The fraction of sp³-hybridized carbons (Fsp3) is 0.143. The van der Waals surface area contributed by atoms with Crippen LogP contribution in [0.25, 0.3) is 0 Å². The second-order valence-electron chi connectivity index (χ2n) is 4.02. The predicted molar refractivity (Wildman–Crippen MR) is 70.6 cm³/mol. The molecule has 5 nitrogen and oxygen atoms in total. The summed E-state index contributed by atoms with van der Waals surface area (Å²) in [4.78, 5) is 31.0. The van der Waals surface area contributed by atoms with Crippen molar-refractivity contribution in [1.29, 1.82) is 0 Å². The van der Waals surface area contributed by atoms with E-state index in [1.165, 1.54) is 30.6 Å². The van der Waals surface area contributed by atoms with Gasteiger partial charge in [-0.15, -0.1) is 0 Å². The molecule has 0 unspecified atom stereocenters. The van der Waals surface area contributed by atoms with Gasteiger partial charge in [-0.1, -0.05) is 12.1 Å². The highest BCUT2D eigenvalue weighted by molar-refractivity contribution is 5.99. The minimum atomic E-state index is -0.579. The summed E-state index contributed by atoms with van der Waals surface area (Å²) in [5.41, 5.74) is -0.00346. The van der Waals surface area contributed by atoms with Crippen LogP contribution in [0.5, 0.6) is 0 Å². The molecule has 0 aliphatic heterocycles. The Hall–Kier alpha value is -2.63. The highest BCUT2D eigenvalue weighted by Gasteiger charge is 2.13. The average molecular weight is 273 g/mol. The van der Waals surface area contributed by atoms with E-state index in [9.17, 15) is 14.0 Å². The van der Waals surface area contributed by atoms with E-state index in [0.29, 0.717) is 0 Å². The second kappa shape index (κ2) is 6.51. The summed E-state index contributed by atoms with van der Waals surface area (Å²) in [5.74, 6) is -1.20. The van der Waals surface area contributed by atoms with Gasteiger partial charge in [-0.3, -0.25) is 14.9 Å². The highest BCUT2D eigenvalue weighted by Crippen LogP contribution is 2.10. The summed E-state index contributed by atoms with van der Waals surface area (Å²) >= 11 is 0. The molecule has 0 fully saturated rings.